The first kappa shape index (κ1) is 16.3. The molecule has 0 spiro atoms. The lowest BCUT2D eigenvalue weighted by Crippen LogP contribution is -2.19. The van der Waals surface area contributed by atoms with Gasteiger partial charge >= 0.3 is 0 Å². The highest BCUT2D eigenvalue weighted by Crippen LogP contribution is 2.40. The number of aromatic nitrogens is 4. The zero-order valence-electron chi connectivity index (χ0n) is 14.8. The van der Waals surface area contributed by atoms with Gasteiger partial charge in [0, 0.05) is 25.0 Å². The van der Waals surface area contributed by atoms with Crippen molar-refractivity contribution in [2.75, 3.05) is 25.6 Å². The maximum Gasteiger partial charge on any atom is 0.256 e. The molecule has 0 unspecified atom stereocenters. The highest BCUT2D eigenvalue weighted by Gasteiger charge is 2.36. The summed E-state index contributed by atoms with van der Waals surface area (Å²) in [6.07, 6.45) is 3.10. The normalized spacial score (nSPS) is 23.0. The Morgan fingerprint density at radius 3 is 2.76 bits per heavy atom. The standard InChI is InChI=1S/C17H23N5O3/c1-9-14(19-10(2)20-16(9)23-3)18-8-12-6-7-24-13(12)17-21-15(22-25-17)11-4-5-11/h11-13H,4-8H2,1-3H3,(H,18,19,20)/t12-,13-/m0/s1. The Morgan fingerprint density at radius 1 is 1.16 bits per heavy atom. The van der Waals surface area contributed by atoms with Crippen LogP contribution in [0.3, 0.4) is 0 Å². The van der Waals surface area contributed by atoms with Crippen LogP contribution >= 0.6 is 0 Å². The molecule has 1 N–H and O–H groups in total. The molecule has 4 rings (SSSR count). The number of ether oxygens (including phenoxy) is 2. The maximum atomic E-state index is 5.86. The summed E-state index contributed by atoms with van der Waals surface area (Å²) in [5.41, 5.74) is 0.900. The number of hydrogen-bond donors (Lipinski definition) is 1. The number of rotatable bonds is 6. The number of nitrogens with one attached hydrogen (secondary N) is 1. The predicted octanol–water partition coefficient (Wildman–Crippen LogP) is 2.55. The molecule has 0 amide bonds. The summed E-state index contributed by atoms with van der Waals surface area (Å²) in [5, 5.41) is 7.51. The minimum absolute atomic E-state index is 0.155. The molecule has 2 fully saturated rings. The quantitative estimate of drug-likeness (QED) is 0.853. The van der Waals surface area contributed by atoms with Crippen molar-refractivity contribution in [3.05, 3.63) is 23.1 Å². The molecule has 0 bridgehead atoms. The molecule has 2 atom stereocenters. The first-order chi connectivity index (χ1) is 12.2. The third kappa shape index (κ3) is 3.30. The molecule has 2 aromatic rings. The number of nitrogens with zero attached hydrogens (tertiary/aromatic N) is 4. The average molecular weight is 345 g/mol. The van der Waals surface area contributed by atoms with E-state index in [0.29, 0.717) is 36.7 Å². The van der Waals surface area contributed by atoms with Gasteiger partial charge in [0.15, 0.2) is 5.82 Å². The van der Waals surface area contributed by atoms with Crippen LogP contribution < -0.4 is 10.1 Å². The van der Waals surface area contributed by atoms with Crippen molar-refractivity contribution in [1.29, 1.82) is 0 Å². The van der Waals surface area contributed by atoms with Crippen molar-refractivity contribution in [3.63, 3.8) is 0 Å². The zero-order chi connectivity index (χ0) is 17.4. The van der Waals surface area contributed by atoms with Crippen LogP contribution in [0.5, 0.6) is 5.88 Å². The monoisotopic (exact) mass is 345 g/mol. The lowest BCUT2D eigenvalue weighted by molar-refractivity contribution is 0.0649. The van der Waals surface area contributed by atoms with E-state index < -0.39 is 0 Å². The summed E-state index contributed by atoms with van der Waals surface area (Å²) in [6.45, 7) is 5.21. The molecule has 1 aliphatic heterocycles. The Bertz CT molecular complexity index is 759. The Morgan fingerprint density at radius 2 is 2.00 bits per heavy atom. The molecule has 0 radical (unpaired) electrons. The van der Waals surface area contributed by atoms with E-state index in [0.717, 1.165) is 36.5 Å². The Labute approximate surface area is 146 Å². The fourth-order valence-electron chi connectivity index (χ4n) is 3.19. The zero-order valence-corrected chi connectivity index (χ0v) is 14.8. The van der Waals surface area contributed by atoms with Gasteiger partial charge in [-0.1, -0.05) is 5.16 Å². The largest absolute Gasteiger partial charge is 0.481 e. The number of aryl methyl sites for hydroxylation is 1. The third-order valence-corrected chi connectivity index (χ3v) is 4.80. The molecule has 134 valence electrons. The van der Waals surface area contributed by atoms with Crippen LogP contribution in [-0.2, 0) is 4.74 Å². The van der Waals surface area contributed by atoms with Crippen LogP contribution in [0, 0.1) is 19.8 Å². The summed E-state index contributed by atoms with van der Waals surface area (Å²) in [7, 11) is 1.62. The van der Waals surface area contributed by atoms with Gasteiger partial charge in [-0.15, -0.1) is 0 Å². The molecule has 1 saturated carbocycles. The first-order valence-corrected chi connectivity index (χ1v) is 8.74. The summed E-state index contributed by atoms with van der Waals surface area (Å²) in [6, 6.07) is 0. The average Bonchev–Trinajstić information content (AvgIpc) is 3.16. The van der Waals surface area contributed by atoms with Gasteiger partial charge in [0.1, 0.15) is 17.7 Å². The van der Waals surface area contributed by atoms with E-state index in [1.807, 2.05) is 13.8 Å². The van der Waals surface area contributed by atoms with Crippen molar-refractivity contribution in [2.24, 2.45) is 5.92 Å². The molecule has 1 saturated heterocycles. The topological polar surface area (TPSA) is 95.2 Å². The summed E-state index contributed by atoms with van der Waals surface area (Å²) in [5.74, 6) is 4.22. The second kappa shape index (κ2) is 6.59. The van der Waals surface area contributed by atoms with Crippen LogP contribution in [0.15, 0.2) is 4.52 Å². The molecule has 3 heterocycles. The molecule has 25 heavy (non-hydrogen) atoms. The van der Waals surface area contributed by atoms with Crippen LogP contribution in [0.25, 0.3) is 0 Å². The molecular formula is C17H23N5O3. The van der Waals surface area contributed by atoms with Crippen molar-refractivity contribution >= 4 is 5.82 Å². The summed E-state index contributed by atoms with van der Waals surface area (Å²) >= 11 is 0. The van der Waals surface area contributed by atoms with Crippen LogP contribution in [0.2, 0.25) is 0 Å². The van der Waals surface area contributed by atoms with Gasteiger partial charge in [-0.3, -0.25) is 0 Å². The van der Waals surface area contributed by atoms with E-state index in [1.165, 1.54) is 0 Å². The number of anilines is 1. The van der Waals surface area contributed by atoms with Crippen molar-refractivity contribution in [2.45, 2.75) is 45.1 Å². The lowest BCUT2D eigenvalue weighted by Gasteiger charge is -2.17. The van der Waals surface area contributed by atoms with E-state index in [1.54, 1.807) is 7.11 Å². The fourth-order valence-corrected chi connectivity index (χ4v) is 3.19. The summed E-state index contributed by atoms with van der Waals surface area (Å²) < 4.78 is 16.6. The third-order valence-electron chi connectivity index (χ3n) is 4.80. The minimum atomic E-state index is -0.155. The SMILES string of the molecule is COc1nc(C)nc(NC[C@@H]2CCO[C@@H]2c2nc(C3CC3)no2)c1C. The van der Waals surface area contributed by atoms with Crippen LogP contribution in [0.4, 0.5) is 5.82 Å². The van der Waals surface area contributed by atoms with Crippen LogP contribution in [0.1, 0.15) is 54.4 Å². The Kier molecular flexibility index (Phi) is 4.29. The highest BCUT2D eigenvalue weighted by molar-refractivity contribution is 5.48. The molecule has 2 aromatic heterocycles. The molecule has 1 aliphatic carbocycles. The number of hydrogen-bond acceptors (Lipinski definition) is 8. The van der Waals surface area contributed by atoms with E-state index in [9.17, 15) is 0 Å². The van der Waals surface area contributed by atoms with Gasteiger partial charge in [0.05, 0.1) is 12.7 Å². The maximum absolute atomic E-state index is 5.86. The van der Waals surface area contributed by atoms with Gasteiger partial charge in [0.25, 0.3) is 5.89 Å². The molecule has 8 heteroatoms. The molecule has 2 aliphatic rings. The first-order valence-electron chi connectivity index (χ1n) is 8.74. The highest BCUT2D eigenvalue weighted by atomic mass is 16.5. The molecule has 8 nitrogen and oxygen atoms in total. The van der Waals surface area contributed by atoms with Gasteiger partial charge < -0.3 is 19.3 Å². The molecule has 0 aromatic carbocycles. The van der Waals surface area contributed by atoms with Gasteiger partial charge in [-0.05, 0) is 33.1 Å². The molecular weight excluding hydrogens is 322 g/mol. The van der Waals surface area contributed by atoms with Gasteiger partial charge in [0.2, 0.25) is 5.88 Å². The fraction of sp³-hybridized carbons (Fsp3) is 0.647. The van der Waals surface area contributed by atoms with E-state index >= 15 is 0 Å². The second-order valence-corrected chi connectivity index (χ2v) is 6.74. The van der Waals surface area contributed by atoms with Crippen molar-refractivity contribution in [1.82, 2.24) is 20.1 Å². The van der Waals surface area contributed by atoms with Crippen molar-refractivity contribution in [3.8, 4) is 5.88 Å². The number of methoxy groups -OCH3 is 1. The smallest absolute Gasteiger partial charge is 0.256 e. The van der Waals surface area contributed by atoms with Gasteiger partial charge in [-0.2, -0.15) is 9.97 Å². The second-order valence-electron chi connectivity index (χ2n) is 6.74. The minimum Gasteiger partial charge on any atom is -0.481 e. The van der Waals surface area contributed by atoms with Gasteiger partial charge in [-0.25, -0.2) is 4.98 Å². The lowest BCUT2D eigenvalue weighted by atomic mass is 10.0. The van der Waals surface area contributed by atoms with E-state index in [2.05, 4.69) is 25.4 Å². The van der Waals surface area contributed by atoms with E-state index in [4.69, 9.17) is 14.0 Å². The summed E-state index contributed by atoms with van der Waals surface area (Å²) in [4.78, 5) is 13.3. The Hall–Kier alpha value is -2.22. The van der Waals surface area contributed by atoms with Crippen molar-refractivity contribution < 1.29 is 14.0 Å². The van der Waals surface area contributed by atoms with Crippen LogP contribution in [-0.4, -0.2) is 40.4 Å². The predicted molar refractivity (Wildman–Crippen MR) is 89.6 cm³/mol. The Balaban J connectivity index is 1.45. The van der Waals surface area contributed by atoms with E-state index in [-0.39, 0.29) is 12.0 Å².